The van der Waals surface area contributed by atoms with Crippen LogP contribution in [0.2, 0.25) is 5.02 Å². The molecule has 2 aromatic carbocycles. The Balaban J connectivity index is 1.59. The monoisotopic (exact) mass is 299 g/mol. The van der Waals surface area contributed by atoms with Crippen molar-refractivity contribution in [1.29, 1.82) is 0 Å². The number of para-hydroxylation sites is 1. The summed E-state index contributed by atoms with van der Waals surface area (Å²) in [4.78, 5) is 4.37. The molecular weight excluding hydrogens is 286 g/mol. The van der Waals surface area contributed by atoms with Crippen molar-refractivity contribution in [2.24, 2.45) is 0 Å². The van der Waals surface area contributed by atoms with E-state index in [2.05, 4.69) is 15.5 Å². The summed E-state index contributed by atoms with van der Waals surface area (Å²) in [6, 6.07) is 17.5. The molecule has 4 nitrogen and oxygen atoms in total. The van der Waals surface area contributed by atoms with Crippen LogP contribution in [0.25, 0.3) is 0 Å². The van der Waals surface area contributed by atoms with Gasteiger partial charge in [-0.25, -0.2) is 0 Å². The number of nitrogens with one attached hydrogen (secondary N) is 1. The molecule has 0 atom stereocenters. The zero-order valence-corrected chi connectivity index (χ0v) is 12.0. The summed E-state index contributed by atoms with van der Waals surface area (Å²) in [7, 11) is 0. The van der Waals surface area contributed by atoms with Crippen molar-refractivity contribution in [3.63, 3.8) is 0 Å². The van der Waals surface area contributed by atoms with E-state index in [0.29, 0.717) is 24.7 Å². The summed E-state index contributed by atoms with van der Waals surface area (Å²) in [5.41, 5.74) is 2.12. The van der Waals surface area contributed by atoms with Gasteiger partial charge in [-0.15, -0.1) is 0 Å². The maximum atomic E-state index is 5.86. The lowest BCUT2D eigenvalue weighted by molar-refractivity contribution is 0.378. The van der Waals surface area contributed by atoms with Gasteiger partial charge >= 0.3 is 0 Å². The first kappa shape index (κ1) is 13.6. The minimum atomic E-state index is 0.512. The third-order valence-corrected chi connectivity index (χ3v) is 3.26. The Labute approximate surface area is 127 Å². The van der Waals surface area contributed by atoms with Gasteiger partial charge in [-0.2, -0.15) is 4.98 Å². The normalized spacial score (nSPS) is 10.5. The van der Waals surface area contributed by atoms with E-state index in [0.717, 1.165) is 16.3 Å². The zero-order chi connectivity index (χ0) is 14.5. The summed E-state index contributed by atoms with van der Waals surface area (Å²) < 4.78 is 5.23. The average molecular weight is 300 g/mol. The average Bonchev–Trinajstić information content (AvgIpc) is 2.96. The zero-order valence-electron chi connectivity index (χ0n) is 11.3. The van der Waals surface area contributed by atoms with E-state index in [1.54, 1.807) is 0 Å². The van der Waals surface area contributed by atoms with Crippen molar-refractivity contribution in [3.8, 4) is 0 Å². The van der Waals surface area contributed by atoms with Gasteiger partial charge in [0.05, 0.1) is 6.54 Å². The van der Waals surface area contributed by atoms with Crippen molar-refractivity contribution in [1.82, 2.24) is 10.1 Å². The van der Waals surface area contributed by atoms with Crippen LogP contribution >= 0.6 is 11.6 Å². The first-order valence-electron chi connectivity index (χ1n) is 6.64. The lowest BCUT2D eigenvalue weighted by atomic mass is 10.1. The number of aromatic nitrogens is 2. The fraction of sp³-hybridized carbons (Fsp3) is 0.125. The second kappa shape index (κ2) is 6.41. The lowest BCUT2D eigenvalue weighted by Gasteiger charge is -2.01. The Hall–Kier alpha value is -2.33. The smallest absolute Gasteiger partial charge is 0.245 e. The predicted octanol–water partition coefficient (Wildman–Crippen LogP) is 3.93. The van der Waals surface area contributed by atoms with Gasteiger partial charge in [0, 0.05) is 17.1 Å². The molecule has 3 aromatic rings. The van der Waals surface area contributed by atoms with Gasteiger partial charge in [-0.1, -0.05) is 47.1 Å². The van der Waals surface area contributed by atoms with Crippen LogP contribution in [-0.4, -0.2) is 10.1 Å². The summed E-state index contributed by atoms with van der Waals surface area (Å²) >= 11 is 5.86. The molecule has 0 unspecified atom stereocenters. The minimum absolute atomic E-state index is 0.512. The van der Waals surface area contributed by atoms with E-state index in [1.165, 1.54) is 0 Å². The molecule has 1 N–H and O–H groups in total. The quantitative estimate of drug-likeness (QED) is 0.775. The summed E-state index contributed by atoms with van der Waals surface area (Å²) in [5.74, 6) is 1.24. The number of rotatable bonds is 5. The van der Waals surface area contributed by atoms with Crippen LogP contribution in [-0.2, 0) is 13.0 Å². The highest BCUT2D eigenvalue weighted by molar-refractivity contribution is 6.30. The number of benzene rings is 2. The van der Waals surface area contributed by atoms with Crippen molar-refractivity contribution < 1.29 is 4.52 Å². The summed E-state index contributed by atoms with van der Waals surface area (Å²) in [5, 5.41) is 7.94. The van der Waals surface area contributed by atoms with Crippen molar-refractivity contribution >= 4 is 17.3 Å². The highest BCUT2D eigenvalue weighted by atomic mass is 35.5. The standard InChI is InChI=1S/C16H14ClN3O/c17-13-8-6-12(7-9-13)10-15-19-16(21-20-15)11-18-14-4-2-1-3-5-14/h1-9,18H,10-11H2. The fourth-order valence-electron chi connectivity index (χ4n) is 1.95. The van der Waals surface area contributed by atoms with Gasteiger partial charge in [-0.05, 0) is 29.8 Å². The molecule has 0 aliphatic carbocycles. The molecule has 5 heteroatoms. The molecule has 0 saturated carbocycles. The van der Waals surface area contributed by atoms with Crippen LogP contribution < -0.4 is 5.32 Å². The summed E-state index contributed by atoms with van der Waals surface area (Å²) in [6.45, 7) is 0.512. The van der Waals surface area contributed by atoms with Crippen LogP contribution in [0.4, 0.5) is 5.69 Å². The van der Waals surface area contributed by atoms with Crippen molar-refractivity contribution in [2.45, 2.75) is 13.0 Å². The molecule has 3 rings (SSSR count). The number of anilines is 1. The Kier molecular flexibility index (Phi) is 4.17. The largest absolute Gasteiger partial charge is 0.376 e. The van der Waals surface area contributed by atoms with Gasteiger partial charge < -0.3 is 9.84 Å². The molecule has 0 spiro atoms. The van der Waals surface area contributed by atoms with Crippen LogP contribution in [0.3, 0.4) is 0 Å². The summed E-state index contributed by atoms with van der Waals surface area (Å²) in [6.07, 6.45) is 0.631. The van der Waals surface area contributed by atoms with Gasteiger partial charge in [0.25, 0.3) is 0 Å². The van der Waals surface area contributed by atoms with Gasteiger partial charge in [0.2, 0.25) is 5.89 Å². The van der Waals surface area contributed by atoms with E-state index in [4.69, 9.17) is 16.1 Å². The van der Waals surface area contributed by atoms with Crippen LogP contribution in [0.5, 0.6) is 0 Å². The van der Waals surface area contributed by atoms with E-state index < -0.39 is 0 Å². The predicted molar refractivity (Wildman–Crippen MR) is 82.3 cm³/mol. The molecule has 0 amide bonds. The molecular formula is C16H14ClN3O. The van der Waals surface area contributed by atoms with Gasteiger partial charge in [-0.3, -0.25) is 0 Å². The maximum absolute atomic E-state index is 5.86. The van der Waals surface area contributed by atoms with E-state index in [-0.39, 0.29) is 0 Å². The van der Waals surface area contributed by atoms with E-state index in [9.17, 15) is 0 Å². The number of nitrogens with zero attached hydrogens (tertiary/aromatic N) is 2. The Morgan fingerprint density at radius 2 is 1.76 bits per heavy atom. The first-order chi connectivity index (χ1) is 10.3. The molecule has 106 valence electrons. The fourth-order valence-corrected chi connectivity index (χ4v) is 2.08. The molecule has 0 saturated heterocycles. The lowest BCUT2D eigenvalue weighted by Crippen LogP contribution is -1.99. The molecule has 0 aliphatic heterocycles. The highest BCUT2D eigenvalue weighted by Crippen LogP contribution is 2.13. The van der Waals surface area contributed by atoms with Crippen molar-refractivity contribution in [3.05, 3.63) is 76.9 Å². The van der Waals surface area contributed by atoms with Crippen molar-refractivity contribution in [2.75, 3.05) is 5.32 Å². The molecule has 0 fully saturated rings. The van der Waals surface area contributed by atoms with Gasteiger partial charge in [0.1, 0.15) is 0 Å². The molecule has 0 radical (unpaired) electrons. The highest BCUT2D eigenvalue weighted by Gasteiger charge is 2.07. The second-order valence-electron chi connectivity index (χ2n) is 4.63. The minimum Gasteiger partial charge on any atom is -0.376 e. The molecule has 21 heavy (non-hydrogen) atoms. The molecule has 1 heterocycles. The Morgan fingerprint density at radius 1 is 1.00 bits per heavy atom. The Bertz CT molecular complexity index is 695. The topological polar surface area (TPSA) is 51.0 Å². The SMILES string of the molecule is Clc1ccc(Cc2noc(CNc3ccccc3)n2)cc1. The van der Waals surface area contributed by atoms with E-state index in [1.807, 2.05) is 54.6 Å². The van der Waals surface area contributed by atoms with Gasteiger partial charge in [0.15, 0.2) is 5.82 Å². The van der Waals surface area contributed by atoms with E-state index >= 15 is 0 Å². The third-order valence-electron chi connectivity index (χ3n) is 3.00. The number of hydrogen-bond donors (Lipinski definition) is 1. The number of hydrogen-bond acceptors (Lipinski definition) is 4. The van der Waals surface area contributed by atoms with Crippen LogP contribution in [0, 0.1) is 0 Å². The maximum Gasteiger partial charge on any atom is 0.245 e. The molecule has 0 bridgehead atoms. The first-order valence-corrected chi connectivity index (χ1v) is 7.02. The second-order valence-corrected chi connectivity index (χ2v) is 5.06. The molecule has 0 aliphatic rings. The Morgan fingerprint density at radius 3 is 2.52 bits per heavy atom. The van der Waals surface area contributed by atoms with Crippen LogP contribution in [0.15, 0.2) is 59.1 Å². The number of halogens is 1. The molecule has 1 aromatic heterocycles. The third kappa shape index (κ3) is 3.83. The van der Waals surface area contributed by atoms with Crippen LogP contribution in [0.1, 0.15) is 17.3 Å².